The Bertz CT molecular complexity index is 456. The summed E-state index contributed by atoms with van der Waals surface area (Å²) in [5.74, 6) is -4.30. The molecule has 0 spiro atoms. The van der Waals surface area contributed by atoms with E-state index in [-0.39, 0.29) is 6.08 Å². The molecule has 1 N–H and O–H groups in total. The summed E-state index contributed by atoms with van der Waals surface area (Å²) in [6.45, 7) is 0. The van der Waals surface area contributed by atoms with E-state index in [0.717, 1.165) is 0 Å². The van der Waals surface area contributed by atoms with Crippen LogP contribution in [0, 0.1) is 11.6 Å². The van der Waals surface area contributed by atoms with Crippen LogP contribution in [-0.2, 0) is 4.79 Å². The van der Waals surface area contributed by atoms with Gasteiger partial charge in [-0.15, -0.1) is 0 Å². The van der Waals surface area contributed by atoms with Crippen LogP contribution in [0.2, 0.25) is 0 Å². The van der Waals surface area contributed by atoms with Crippen molar-refractivity contribution in [3.8, 4) is 0 Å². The number of benzene rings is 1. The molecule has 0 saturated heterocycles. The largest absolute Gasteiger partial charge is 0.478 e. The summed E-state index contributed by atoms with van der Waals surface area (Å²) in [4.78, 5) is 10.2. The highest BCUT2D eigenvalue weighted by Crippen LogP contribution is 2.34. The van der Waals surface area contributed by atoms with Crippen LogP contribution < -0.4 is 0 Å². The zero-order valence-corrected chi connectivity index (χ0v) is 8.05. The molecular formula is C10H5F5O2. The summed E-state index contributed by atoms with van der Waals surface area (Å²) < 4.78 is 62.8. The van der Waals surface area contributed by atoms with Crippen LogP contribution in [0.25, 0.3) is 5.57 Å². The van der Waals surface area contributed by atoms with Gasteiger partial charge < -0.3 is 5.11 Å². The molecule has 92 valence electrons. The Kier molecular flexibility index (Phi) is 3.50. The number of hydrogen-bond donors (Lipinski definition) is 1. The molecule has 0 aliphatic heterocycles. The van der Waals surface area contributed by atoms with Gasteiger partial charge in [-0.3, -0.25) is 0 Å². The number of alkyl halides is 3. The number of carbonyl (C=O) groups is 1. The van der Waals surface area contributed by atoms with Gasteiger partial charge in [-0.2, -0.15) is 13.2 Å². The van der Waals surface area contributed by atoms with Gasteiger partial charge in [0.2, 0.25) is 0 Å². The lowest BCUT2D eigenvalue weighted by molar-refractivity contribution is -0.131. The Morgan fingerprint density at radius 2 is 1.59 bits per heavy atom. The van der Waals surface area contributed by atoms with E-state index in [0.29, 0.717) is 18.2 Å². The molecule has 0 aliphatic rings. The summed E-state index contributed by atoms with van der Waals surface area (Å²) >= 11 is 0. The maximum absolute atomic E-state index is 12.7. The van der Waals surface area contributed by atoms with Crippen molar-refractivity contribution in [1.82, 2.24) is 0 Å². The van der Waals surface area contributed by atoms with E-state index in [2.05, 4.69) is 0 Å². The highest BCUT2D eigenvalue weighted by atomic mass is 19.4. The smallest absolute Gasteiger partial charge is 0.417 e. The number of aliphatic carboxylic acids is 1. The van der Waals surface area contributed by atoms with Crippen molar-refractivity contribution in [2.45, 2.75) is 6.18 Å². The Balaban J connectivity index is 3.38. The molecule has 0 unspecified atom stereocenters. The standard InChI is InChI=1S/C10H5F5O2/c11-6-1-5(2-7(12)3-6)8(4-9(16)17)10(13,14)15/h1-4H,(H,16,17)/b8-4-. The molecule has 0 bridgehead atoms. The second-order valence-electron chi connectivity index (χ2n) is 3.05. The third-order valence-electron chi connectivity index (χ3n) is 1.75. The van der Waals surface area contributed by atoms with Crippen LogP contribution in [0.4, 0.5) is 22.0 Å². The topological polar surface area (TPSA) is 37.3 Å². The highest BCUT2D eigenvalue weighted by Gasteiger charge is 2.35. The summed E-state index contributed by atoms with van der Waals surface area (Å²) in [6, 6.07) is 1.20. The lowest BCUT2D eigenvalue weighted by Gasteiger charge is -2.11. The zero-order chi connectivity index (χ0) is 13.2. The molecule has 2 nitrogen and oxygen atoms in total. The maximum atomic E-state index is 12.7. The zero-order valence-electron chi connectivity index (χ0n) is 8.05. The number of halogens is 5. The molecule has 0 fully saturated rings. The highest BCUT2D eigenvalue weighted by molar-refractivity contribution is 5.91. The fourth-order valence-corrected chi connectivity index (χ4v) is 1.16. The Morgan fingerprint density at radius 3 is 1.94 bits per heavy atom. The van der Waals surface area contributed by atoms with Gasteiger partial charge in [0.15, 0.2) is 0 Å². The molecular weight excluding hydrogens is 247 g/mol. The first-order valence-corrected chi connectivity index (χ1v) is 4.18. The Hall–Kier alpha value is -1.92. The first kappa shape index (κ1) is 13.1. The van der Waals surface area contributed by atoms with Crippen molar-refractivity contribution in [3.63, 3.8) is 0 Å². The second kappa shape index (κ2) is 4.52. The SMILES string of the molecule is O=C(O)/C=C(/c1cc(F)cc(F)c1)C(F)(F)F. The van der Waals surface area contributed by atoms with Gasteiger partial charge >= 0.3 is 12.1 Å². The molecule has 0 radical (unpaired) electrons. The normalized spacial score (nSPS) is 12.6. The molecule has 1 rings (SSSR count). The third kappa shape index (κ3) is 3.54. The van der Waals surface area contributed by atoms with E-state index in [1.54, 1.807) is 0 Å². The van der Waals surface area contributed by atoms with Gasteiger partial charge in [0.05, 0.1) is 5.57 Å². The average molecular weight is 252 g/mol. The average Bonchev–Trinajstić information content (AvgIpc) is 2.10. The third-order valence-corrected chi connectivity index (χ3v) is 1.75. The minimum absolute atomic E-state index is 0.145. The molecule has 1 aromatic rings. The van der Waals surface area contributed by atoms with Gasteiger partial charge in [-0.05, 0) is 17.7 Å². The van der Waals surface area contributed by atoms with E-state index in [4.69, 9.17) is 5.11 Å². The van der Waals surface area contributed by atoms with E-state index in [9.17, 15) is 26.7 Å². The predicted octanol–water partition coefficient (Wildman–Crippen LogP) is 3.00. The molecule has 0 amide bonds. The van der Waals surface area contributed by atoms with Crippen LogP contribution in [-0.4, -0.2) is 17.3 Å². The Labute approximate surface area is 92.0 Å². The lowest BCUT2D eigenvalue weighted by Crippen LogP contribution is -2.13. The first-order valence-electron chi connectivity index (χ1n) is 4.18. The summed E-state index contributed by atoms with van der Waals surface area (Å²) in [6.07, 6.45) is -5.16. The van der Waals surface area contributed by atoms with Crippen molar-refractivity contribution in [1.29, 1.82) is 0 Å². The number of allylic oxidation sites excluding steroid dienone is 1. The summed E-state index contributed by atoms with van der Waals surface area (Å²) in [5, 5.41) is 8.28. The fourth-order valence-electron chi connectivity index (χ4n) is 1.16. The van der Waals surface area contributed by atoms with E-state index in [1.165, 1.54) is 0 Å². The second-order valence-corrected chi connectivity index (χ2v) is 3.05. The van der Waals surface area contributed by atoms with Crippen LogP contribution in [0.5, 0.6) is 0 Å². The molecule has 0 aromatic heterocycles. The van der Waals surface area contributed by atoms with Gasteiger partial charge in [0.1, 0.15) is 11.6 Å². The minimum Gasteiger partial charge on any atom is -0.478 e. The summed E-state index contributed by atoms with van der Waals surface area (Å²) in [7, 11) is 0. The van der Waals surface area contributed by atoms with Gasteiger partial charge in [0.25, 0.3) is 0 Å². The van der Waals surface area contributed by atoms with Crippen molar-refractivity contribution in [2.75, 3.05) is 0 Å². The summed E-state index contributed by atoms with van der Waals surface area (Å²) in [5.41, 5.74) is -2.50. The monoisotopic (exact) mass is 252 g/mol. The van der Waals surface area contributed by atoms with E-state index < -0.39 is 34.9 Å². The number of rotatable bonds is 2. The van der Waals surface area contributed by atoms with Crippen LogP contribution in [0.3, 0.4) is 0 Å². The molecule has 0 aliphatic carbocycles. The minimum atomic E-state index is -5.02. The molecule has 0 heterocycles. The molecule has 17 heavy (non-hydrogen) atoms. The Morgan fingerprint density at radius 1 is 1.12 bits per heavy atom. The molecule has 0 saturated carbocycles. The van der Waals surface area contributed by atoms with Crippen LogP contribution >= 0.6 is 0 Å². The van der Waals surface area contributed by atoms with Crippen LogP contribution in [0.15, 0.2) is 24.3 Å². The van der Waals surface area contributed by atoms with Crippen molar-refractivity contribution >= 4 is 11.5 Å². The van der Waals surface area contributed by atoms with Crippen molar-refractivity contribution < 1.29 is 31.9 Å². The molecule has 0 atom stereocenters. The number of carboxylic acid groups (broad SMARTS) is 1. The van der Waals surface area contributed by atoms with E-state index in [1.807, 2.05) is 0 Å². The van der Waals surface area contributed by atoms with Gasteiger partial charge in [-0.25, -0.2) is 13.6 Å². The molecule has 7 heteroatoms. The fraction of sp³-hybridized carbons (Fsp3) is 0.100. The van der Waals surface area contributed by atoms with E-state index >= 15 is 0 Å². The first-order chi connectivity index (χ1) is 7.70. The molecule has 1 aromatic carbocycles. The van der Waals surface area contributed by atoms with Crippen LogP contribution in [0.1, 0.15) is 5.56 Å². The van der Waals surface area contributed by atoms with Gasteiger partial charge in [0, 0.05) is 12.1 Å². The predicted molar refractivity (Wildman–Crippen MR) is 48.0 cm³/mol. The number of carboxylic acids is 1. The quantitative estimate of drug-likeness (QED) is 0.649. The number of hydrogen-bond acceptors (Lipinski definition) is 1. The van der Waals surface area contributed by atoms with Crippen molar-refractivity contribution in [2.24, 2.45) is 0 Å². The lowest BCUT2D eigenvalue weighted by atomic mass is 10.0. The maximum Gasteiger partial charge on any atom is 0.417 e. The van der Waals surface area contributed by atoms with Crippen molar-refractivity contribution in [3.05, 3.63) is 41.5 Å². The van der Waals surface area contributed by atoms with Gasteiger partial charge in [-0.1, -0.05) is 0 Å².